The summed E-state index contributed by atoms with van der Waals surface area (Å²) < 4.78 is 30.2. The van der Waals surface area contributed by atoms with Gasteiger partial charge in [0.15, 0.2) is 0 Å². The summed E-state index contributed by atoms with van der Waals surface area (Å²) in [5.74, 6) is -6.16. The molecule has 318 valence electrons. The van der Waals surface area contributed by atoms with E-state index in [0.29, 0.717) is 70.8 Å². The summed E-state index contributed by atoms with van der Waals surface area (Å²) in [6.07, 6.45) is 7.16. The maximum Gasteiger partial charge on any atom is 0.329 e. The average Bonchev–Trinajstić information content (AvgIpc) is 3.18. The summed E-state index contributed by atoms with van der Waals surface area (Å²) in [5, 5.41) is 22.6. The number of ether oxygens (including phenoxy) is 5. The van der Waals surface area contributed by atoms with Crippen LogP contribution in [0.1, 0.15) is 126 Å². The smallest absolute Gasteiger partial charge is 0.329 e. The van der Waals surface area contributed by atoms with Crippen LogP contribution in [0.25, 0.3) is 0 Å². The molecule has 2 bridgehead atoms. The number of aliphatic hydroxyl groups is 2. The van der Waals surface area contributed by atoms with Crippen molar-refractivity contribution in [1.29, 1.82) is 0 Å². The zero-order chi connectivity index (χ0) is 41.3. The van der Waals surface area contributed by atoms with Crippen LogP contribution in [0.5, 0.6) is 0 Å². The summed E-state index contributed by atoms with van der Waals surface area (Å²) in [6.45, 7) is 14.3. The molecule has 3 fully saturated rings. The molecule has 13 atom stereocenters. The number of ketones is 2. The summed E-state index contributed by atoms with van der Waals surface area (Å²) in [5.41, 5.74) is 1.91. The highest BCUT2D eigenvalue weighted by Gasteiger charge is 2.56. The zero-order valence-electron chi connectivity index (χ0n) is 35.5. The Morgan fingerprint density at radius 1 is 0.964 bits per heavy atom. The molecule has 1 aliphatic carbocycles. The van der Waals surface area contributed by atoms with Crippen molar-refractivity contribution in [2.24, 2.45) is 29.6 Å². The van der Waals surface area contributed by atoms with Gasteiger partial charge < -0.3 is 38.8 Å². The molecular weight excluding hydrogens is 718 g/mol. The highest BCUT2D eigenvalue weighted by molar-refractivity contribution is 6.39. The predicted octanol–water partition coefficient (Wildman–Crippen LogP) is 5.89. The van der Waals surface area contributed by atoms with Crippen LogP contribution < -0.4 is 0 Å². The van der Waals surface area contributed by atoms with Gasteiger partial charge in [0.05, 0.1) is 24.4 Å². The molecule has 12 nitrogen and oxygen atoms in total. The first kappa shape index (κ1) is 46.2. The third-order valence-corrected chi connectivity index (χ3v) is 12.8. The van der Waals surface area contributed by atoms with Crippen LogP contribution in [0.4, 0.5) is 0 Å². The minimum Gasteiger partial charge on any atom is -0.456 e. The number of Topliss-reactive ketones (excluding diaryl/α,β-unsaturated/α-hetero) is 2. The summed E-state index contributed by atoms with van der Waals surface area (Å²) in [7, 11) is 3.11. The first-order valence-corrected chi connectivity index (χ1v) is 21.3. The lowest BCUT2D eigenvalue weighted by molar-refractivity contribution is -0.302. The number of methoxy groups -OCH3 is 2. The molecule has 56 heavy (non-hydrogen) atoms. The van der Waals surface area contributed by atoms with E-state index < -0.39 is 65.9 Å². The van der Waals surface area contributed by atoms with E-state index in [1.54, 1.807) is 21.1 Å². The van der Waals surface area contributed by atoms with Crippen molar-refractivity contribution in [2.45, 2.75) is 174 Å². The number of carbonyl (C=O) groups is 4. The highest BCUT2D eigenvalue weighted by atomic mass is 16.7. The number of rotatable bonds is 7. The van der Waals surface area contributed by atoms with Gasteiger partial charge in [0.25, 0.3) is 11.7 Å². The second kappa shape index (κ2) is 21.0. The van der Waals surface area contributed by atoms with E-state index in [1.165, 1.54) is 4.90 Å². The summed E-state index contributed by atoms with van der Waals surface area (Å²) in [6, 6.07) is -1.04. The van der Waals surface area contributed by atoms with Gasteiger partial charge in [-0.2, -0.15) is 0 Å². The normalized spacial score (nSPS) is 39.3. The number of hydrogen-bond acceptors (Lipinski definition) is 11. The van der Waals surface area contributed by atoms with E-state index in [4.69, 9.17) is 23.7 Å². The van der Waals surface area contributed by atoms with Crippen molar-refractivity contribution in [3.63, 3.8) is 0 Å². The highest BCUT2D eigenvalue weighted by Crippen LogP contribution is 2.39. The fourth-order valence-electron chi connectivity index (χ4n) is 9.54. The van der Waals surface area contributed by atoms with Gasteiger partial charge in [0.2, 0.25) is 5.79 Å². The number of carbonyl (C=O) groups excluding carboxylic acids is 4. The Hall–Kier alpha value is -2.48. The number of cyclic esters (lactones) is 1. The number of nitrogens with zero attached hydrogens (tertiary/aromatic N) is 1. The van der Waals surface area contributed by atoms with Crippen LogP contribution in [-0.4, -0.2) is 114 Å². The Morgan fingerprint density at radius 3 is 2.32 bits per heavy atom. The molecule has 12 heteroatoms. The van der Waals surface area contributed by atoms with E-state index in [-0.39, 0.29) is 48.5 Å². The molecule has 4 aliphatic rings. The second-order valence-corrected chi connectivity index (χ2v) is 17.3. The first-order chi connectivity index (χ1) is 26.6. The van der Waals surface area contributed by atoms with E-state index >= 15 is 0 Å². The third kappa shape index (κ3) is 11.2. The molecule has 1 saturated carbocycles. The molecule has 13 unspecified atom stereocenters. The van der Waals surface area contributed by atoms with Crippen LogP contribution in [0.2, 0.25) is 0 Å². The maximum absolute atomic E-state index is 14.3. The van der Waals surface area contributed by atoms with E-state index in [2.05, 4.69) is 19.1 Å². The van der Waals surface area contributed by atoms with Gasteiger partial charge in [-0.05, 0) is 115 Å². The van der Waals surface area contributed by atoms with Gasteiger partial charge in [-0.25, -0.2) is 4.79 Å². The minimum atomic E-state index is -2.46. The van der Waals surface area contributed by atoms with Gasteiger partial charge >= 0.3 is 5.97 Å². The standard InChI is InChI=1S/C44H71NO11/c1-10-32-21-26(3)20-27(4)22-37(52-8)40-38(53-9)24-30(7)44(51,56-40)41(48)42(49)45-19-13-12-14-33(45)43(50)55-39(28(5)15-17-34(32)46)29(6)23-31-16-18-35(47)36(25-31)54-11-2/h21,23,27-28,30-33,35-40,47,51H,10-20,22,24-25H2,1-9H3. The van der Waals surface area contributed by atoms with Crippen molar-refractivity contribution in [3.8, 4) is 0 Å². The number of esters is 1. The Bertz CT molecular complexity index is 1410. The lowest BCUT2D eigenvalue weighted by Crippen LogP contribution is -2.64. The van der Waals surface area contributed by atoms with Crippen molar-refractivity contribution >= 4 is 23.4 Å². The summed E-state index contributed by atoms with van der Waals surface area (Å²) >= 11 is 0. The Balaban J connectivity index is 1.73. The van der Waals surface area contributed by atoms with E-state index in [0.717, 1.165) is 17.6 Å². The fraction of sp³-hybridized carbons (Fsp3) is 0.818. The number of hydrogen-bond donors (Lipinski definition) is 2. The molecule has 3 heterocycles. The molecule has 0 aromatic carbocycles. The number of aliphatic hydroxyl groups excluding tert-OH is 1. The van der Waals surface area contributed by atoms with Crippen LogP contribution in [0, 0.1) is 29.6 Å². The van der Waals surface area contributed by atoms with E-state index in [1.807, 2.05) is 34.6 Å². The Morgan fingerprint density at radius 2 is 1.66 bits per heavy atom. The minimum absolute atomic E-state index is 0.0906. The molecular formula is C44H71NO11. The number of fused-ring (bicyclic) bond motifs is 3. The SMILES string of the molecule is CCOC1CC(C=C(C)C2OC(=O)C3CCCCN3C(=O)C(=O)C3(O)OC(C(OC)CC(C)CC(C)=CC(CC)C(=O)CCC2C)C(OC)CC3C)CCC1O. The monoisotopic (exact) mass is 790 g/mol. The predicted molar refractivity (Wildman–Crippen MR) is 211 cm³/mol. The largest absolute Gasteiger partial charge is 0.456 e. The van der Waals surface area contributed by atoms with Gasteiger partial charge in [0.1, 0.15) is 24.0 Å². The third-order valence-electron chi connectivity index (χ3n) is 12.8. The van der Waals surface area contributed by atoms with E-state index in [9.17, 15) is 29.4 Å². The lowest BCUT2D eigenvalue weighted by atomic mass is 9.82. The number of amides is 1. The molecule has 2 saturated heterocycles. The topological polar surface area (TPSA) is 158 Å². The quantitative estimate of drug-likeness (QED) is 0.180. The molecule has 0 aromatic heterocycles. The maximum atomic E-state index is 14.3. The van der Waals surface area contributed by atoms with Gasteiger partial charge in [-0.3, -0.25) is 14.4 Å². The molecule has 1 amide bonds. The van der Waals surface area contributed by atoms with Gasteiger partial charge in [0, 0.05) is 45.6 Å². The summed E-state index contributed by atoms with van der Waals surface area (Å²) in [4.78, 5) is 57.7. The Kier molecular flexibility index (Phi) is 17.3. The average molecular weight is 790 g/mol. The van der Waals surface area contributed by atoms with Crippen LogP contribution in [0.15, 0.2) is 23.3 Å². The van der Waals surface area contributed by atoms with Crippen LogP contribution in [0.3, 0.4) is 0 Å². The van der Waals surface area contributed by atoms with Gasteiger partial charge in [-0.15, -0.1) is 0 Å². The Labute approximate surface area is 335 Å². The second-order valence-electron chi connectivity index (χ2n) is 17.3. The molecule has 4 rings (SSSR count). The van der Waals surface area contributed by atoms with Crippen molar-refractivity contribution in [3.05, 3.63) is 23.3 Å². The van der Waals surface area contributed by atoms with Crippen LogP contribution in [-0.2, 0) is 42.9 Å². The van der Waals surface area contributed by atoms with Crippen molar-refractivity contribution < 1.29 is 53.1 Å². The molecule has 2 N–H and O–H groups in total. The molecule has 0 radical (unpaired) electrons. The molecule has 0 aromatic rings. The fourth-order valence-corrected chi connectivity index (χ4v) is 9.54. The zero-order valence-corrected chi connectivity index (χ0v) is 35.5. The number of allylic oxidation sites excluding steroid dienone is 3. The van der Waals surface area contributed by atoms with Crippen molar-refractivity contribution in [2.75, 3.05) is 27.4 Å². The van der Waals surface area contributed by atoms with Crippen molar-refractivity contribution in [1.82, 2.24) is 4.90 Å². The lowest BCUT2D eigenvalue weighted by Gasteiger charge is -2.47. The van der Waals surface area contributed by atoms with Gasteiger partial charge in [-0.1, -0.05) is 45.4 Å². The van der Waals surface area contributed by atoms with Crippen LogP contribution >= 0.6 is 0 Å². The first-order valence-electron chi connectivity index (χ1n) is 21.3. The molecule has 3 aliphatic heterocycles. The number of piperidine rings is 1. The molecule has 0 spiro atoms.